The van der Waals surface area contributed by atoms with Crippen LogP contribution in [0.1, 0.15) is 12.0 Å². The number of hydrogen-bond donors (Lipinski definition) is 0. The number of benzene rings is 1. The van der Waals surface area contributed by atoms with Crippen molar-refractivity contribution >= 4 is 34.8 Å². The zero-order chi connectivity index (χ0) is 19.2. The first-order chi connectivity index (χ1) is 13.0. The lowest BCUT2D eigenvalue weighted by Crippen LogP contribution is -2.37. The smallest absolute Gasteiger partial charge is 0.326 e. The molecule has 27 heavy (non-hydrogen) atoms. The highest BCUT2D eigenvalue weighted by Gasteiger charge is 2.26. The number of carbonyl (C=O) groups is 3. The number of ether oxygens (including phenoxy) is 2. The number of rotatable bonds is 6. The Labute approximate surface area is 161 Å². The number of amides is 2. The van der Waals surface area contributed by atoms with E-state index in [4.69, 9.17) is 9.47 Å². The molecule has 2 amide bonds. The van der Waals surface area contributed by atoms with Gasteiger partial charge in [-0.15, -0.1) is 0 Å². The summed E-state index contributed by atoms with van der Waals surface area (Å²) in [6, 6.07) is 8.96. The normalized spacial score (nSPS) is 13.4. The molecule has 142 valence electrons. The van der Waals surface area contributed by atoms with E-state index in [1.54, 1.807) is 42.6 Å². The second-order valence-corrected chi connectivity index (χ2v) is 6.87. The lowest BCUT2D eigenvalue weighted by Gasteiger charge is -2.21. The van der Waals surface area contributed by atoms with E-state index in [-0.39, 0.29) is 38.0 Å². The third-order valence-electron chi connectivity index (χ3n) is 4.10. The molecule has 1 aliphatic rings. The van der Waals surface area contributed by atoms with Gasteiger partial charge >= 0.3 is 5.97 Å². The predicted octanol–water partition coefficient (Wildman–Crippen LogP) is 2.07. The fraction of sp³-hybridized carbons (Fsp3) is 0.316. The van der Waals surface area contributed by atoms with Crippen LogP contribution < -0.4 is 9.64 Å². The summed E-state index contributed by atoms with van der Waals surface area (Å²) in [5.74, 6) is -0.627. The first-order valence-corrected chi connectivity index (χ1v) is 9.41. The molecule has 0 bridgehead atoms. The van der Waals surface area contributed by atoms with Crippen molar-refractivity contribution in [2.24, 2.45) is 0 Å². The van der Waals surface area contributed by atoms with Crippen LogP contribution in [0.25, 0.3) is 0 Å². The van der Waals surface area contributed by atoms with Gasteiger partial charge in [-0.3, -0.25) is 19.3 Å². The minimum Gasteiger partial charge on any atom is -0.491 e. The van der Waals surface area contributed by atoms with Gasteiger partial charge in [0, 0.05) is 13.6 Å². The fourth-order valence-electron chi connectivity index (χ4n) is 2.66. The molecule has 0 N–H and O–H groups in total. The molecule has 0 fully saturated rings. The number of nitrogens with zero attached hydrogens (tertiary/aromatic N) is 2. The van der Waals surface area contributed by atoms with Crippen LogP contribution in [0.4, 0.5) is 5.69 Å². The zero-order valence-electron chi connectivity index (χ0n) is 14.9. The second-order valence-electron chi connectivity index (χ2n) is 6.09. The van der Waals surface area contributed by atoms with Crippen molar-refractivity contribution in [3.05, 3.63) is 46.7 Å². The van der Waals surface area contributed by atoms with Gasteiger partial charge in [0.2, 0.25) is 5.91 Å². The van der Waals surface area contributed by atoms with E-state index in [0.29, 0.717) is 18.0 Å². The van der Waals surface area contributed by atoms with E-state index >= 15 is 0 Å². The maximum absolute atomic E-state index is 12.3. The summed E-state index contributed by atoms with van der Waals surface area (Å²) >= 11 is 1.56. The number of anilines is 1. The molecule has 7 nitrogen and oxygen atoms in total. The van der Waals surface area contributed by atoms with Crippen molar-refractivity contribution in [2.75, 3.05) is 31.7 Å². The molecular formula is C19H20N2O5S. The third kappa shape index (κ3) is 4.85. The van der Waals surface area contributed by atoms with Crippen molar-refractivity contribution in [2.45, 2.75) is 13.0 Å². The Bertz CT molecular complexity index is 821. The molecule has 1 aliphatic heterocycles. The van der Waals surface area contributed by atoms with Crippen LogP contribution in [0, 0.1) is 0 Å². The van der Waals surface area contributed by atoms with Gasteiger partial charge in [0.15, 0.2) is 6.61 Å². The van der Waals surface area contributed by atoms with Gasteiger partial charge in [0.1, 0.15) is 12.3 Å². The molecule has 0 atom stereocenters. The fourth-order valence-corrected chi connectivity index (χ4v) is 3.32. The molecule has 0 saturated heterocycles. The van der Waals surface area contributed by atoms with Crippen LogP contribution in [0.15, 0.2) is 41.1 Å². The largest absolute Gasteiger partial charge is 0.491 e. The molecular weight excluding hydrogens is 368 g/mol. The second kappa shape index (κ2) is 8.68. The van der Waals surface area contributed by atoms with Crippen molar-refractivity contribution in [3.8, 4) is 5.75 Å². The number of hydrogen-bond acceptors (Lipinski definition) is 6. The molecule has 2 heterocycles. The summed E-state index contributed by atoms with van der Waals surface area (Å²) in [5.41, 5.74) is 1.55. The minimum absolute atomic E-state index is 0.171. The monoisotopic (exact) mass is 388 g/mol. The zero-order valence-corrected chi connectivity index (χ0v) is 15.7. The van der Waals surface area contributed by atoms with E-state index in [9.17, 15) is 14.4 Å². The molecule has 0 saturated carbocycles. The molecule has 1 aromatic heterocycles. The van der Waals surface area contributed by atoms with Crippen LogP contribution in [-0.2, 0) is 25.7 Å². The van der Waals surface area contributed by atoms with E-state index in [1.807, 2.05) is 16.8 Å². The number of carbonyl (C=O) groups excluding carboxylic acids is 3. The summed E-state index contributed by atoms with van der Waals surface area (Å²) in [5, 5.41) is 3.90. The minimum atomic E-state index is -0.641. The highest BCUT2D eigenvalue weighted by molar-refractivity contribution is 7.07. The molecule has 8 heteroatoms. The Morgan fingerprint density at radius 2 is 2.11 bits per heavy atom. The number of fused-ring (bicyclic) bond motifs is 1. The third-order valence-corrected chi connectivity index (χ3v) is 4.83. The summed E-state index contributed by atoms with van der Waals surface area (Å²) in [4.78, 5) is 39.5. The van der Waals surface area contributed by atoms with Gasteiger partial charge in [-0.2, -0.15) is 11.3 Å². The Hall–Kier alpha value is -2.87. The standard InChI is InChI=1S/C19H20N2O5S/c1-20(10-14-7-9-27-13-14)18(23)12-26-19(24)11-21-15-4-2-3-5-16(15)25-8-6-17(21)22/h2-5,7,9,13H,6,8,10-12H2,1H3. The van der Waals surface area contributed by atoms with Gasteiger partial charge in [0.25, 0.3) is 5.91 Å². The molecule has 1 aromatic carbocycles. The van der Waals surface area contributed by atoms with Gasteiger partial charge in [-0.05, 0) is 34.5 Å². The Morgan fingerprint density at radius 1 is 1.30 bits per heavy atom. The van der Waals surface area contributed by atoms with Crippen LogP contribution in [0.5, 0.6) is 5.75 Å². The molecule has 0 spiro atoms. The topological polar surface area (TPSA) is 76.2 Å². The average Bonchev–Trinajstić information content (AvgIpc) is 3.12. The van der Waals surface area contributed by atoms with Crippen molar-refractivity contribution in [1.82, 2.24) is 4.90 Å². The number of thiophene rings is 1. The summed E-state index contributed by atoms with van der Waals surface area (Å²) in [6.07, 6.45) is 0.171. The maximum Gasteiger partial charge on any atom is 0.326 e. The lowest BCUT2D eigenvalue weighted by molar-refractivity contribution is -0.150. The quantitative estimate of drug-likeness (QED) is 0.708. The highest BCUT2D eigenvalue weighted by atomic mass is 32.1. The van der Waals surface area contributed by atoms with E-state index in [2.05, 4.69) is 0 Å². The summed E-state index contributed by atoms with van der Waals surface area (Å²) < 4.78 is 10.6. The summed E-state index contributed by atoms with van der Waals surface area (Å²) in [6.45, 7) is 0.0862. The van der Waals surface area contributed by atoms with Crippen LogP contribution >= 0.6 is 11.3 Å². The highest BCUT2D eigenvalue weighted by Crippen LogP contribution is 2.30. The summed E-state index contributed by atoms with van der Waals surface area (Å²) in [7, 11) is 1.65. The molecule has 0 aliphatic carbocycles. The van der Waals surface area contributed by atoms with Crippen LogP contribution in [0.2, 0.25) is 0 Å². The van der Waals surface area contributed by atoms with Gasteiger partial charge in [-0.25, -0.2) is 0 Å². The molecule has 2 aromatic rings. The van der Waals surface area contributed by atoms with E-state index < -0.39 is 5.97 Å². The molecule has 0 unspecified atom stereocenters. The van der Waals surface area contributed by atoms with Gasteiger partial charge in [-0.1, -0.05) is 12.1 Å². The number of para-hydroxylation sites is 2. The Kier molecular flexibility index (Phi) is 6.08. The van der Waals surface area contributed by atoms with E-state index in [1.165, 1.54) is 9.80 Å². The van der Waals surface area contributed by atoms with Gasteiger partial charge < -0.3 is 14.4 Å². The molecule has 3 rings (SSSR count). The van der Waals surface area contributed by atoms with Crippen LogP contribution in [0.3, 0.4) is 0 Å². The first-order valence-electron chi connectivity index (χ1n) is 8.47. The number of esters is 1. The van der Waals surface area contributed by atoms with Gasteiger partial charge in [0.05, 0.1) is 18.7 Å². The van der Waals surface area contributed by atoms with Crippen LogP contribution in [-0.4, -0.2) is 49.5 Å². The Morgan fingerprint density at radius 3 is 2.89 bits per heavy atom. The van der Waals surface area contributed by atoms with E-state index in [0.717, 1.165) is 5.56 Å². The van der Waals surface area contributed by atoms with Crippen molar-refractivity contribution < 1.29 is 23.9 Å². The SMILES string of the molecule is CN(Cc1ccsc1)C(=O)COC(=O)CN1C(=O)CCOc2ccccc21. The van der Waals surface area contributed by atoms with Crippen molar-refractivity contribution in [3.63, 3.8) is 0 Å². The predicted molar refractivity (Wildman–Crippen MR) is 101 cm³/mol. The first kappa shape index (κ1) is 18.9. The lowest BCUT2D eigenvalue weighted by atomic mass is 10.2. The maximum atomic E-state index is 12.3. The average molecular weight is 388 g/mol. The number of likely N-dealkylation sites (N-methyl/N-ethyl adjacent to an activating group) is 1. The molecule has 0 radical (unpaired) electrons. The Balaban J connectivity index is 1.55. The van der Waals surface area contributed by atoms with Crippen molar-refractivity contribution in [1.29, 1.82) is 0 Å².